The largest absolute Gasteiger partial charge is 0.497 e. The molecule has 6 heteroatoms. The monoisotopic (exact) mass is 353 g/mol. The molecule has 0 bridgehead atoms. The molecule has 0 spiro atoms. The van der Waals surface area contributed by atoms with Gasteiger partial charge in [-0.15, -0.1) is 0 Å². The summed E-state index contributed by atoms with van der Waals surface area (Å²) in [5.41, 5.74) is 2.61. The molecule has 2 aromatic rings. The molecule has 0 heterocycles. The van der Waals surface area contributed by atoms with Gasteiger partial charge in [-0.2, -0.15) is 0 Å². The third kappa shape index (κ3) is 4.33. The standard InChI is InChI=1S/C20H23N3O3/c1-14(24)22-16-5-7-17(8-6-16)23-19(25)21-13-20(11-12-20)15-3-9-18(26-2)10-4-15/h3-10H,11-13H2,1-2H3,(H,22,24)(H2,21,23,25). The smallest absolute Gasteiger partial charge is 0.319 e. The van der Waals surface area contributed by atoms with Crippen molar-refractivity contribution in [2.75, 3.05) is 24.3 Å². The van der Waals surface area contributed by atoms with Crippen molar-refractivity contribution >= 4 is 23.3 Å². The van der Waals surface area contributed by atoms with Gasteiger partial charge in [0.05, 0.1) is 7.11 Å². The van der Waals surface area contributed by atoms with E-state index in [1.165, 1.54) is 12.5 Å². The summed E-state index contributed by atoms with van der Waals surface area (Å²) in [5, 5.41) is 8.46. The van der Waals surface area contributed by atoms with Crippen LogP contribution in [0.3, 0.4) is 0 Å². The van der Waals surface area contributed by atoms with Crippen LogP contribution in [0.25, 0.3) is 0 Å². The molecule has 0 atom stereocenters. The first kappa shape index (κ1) is 17.8. The van der Waals surface area contributed by atoms with E-state index in [4.69, 9.17) is 4.74 Å². The van der Waals surface area contributed by atoms with Crippen LogP contribution in [0.2, 0.25) is 0 Å². The number of amides is 3. The summed E-state index contributed by atoms with van der Waals surface area (Å²) in [6.45, 7) is 2.05. The molecule has 1 fully saturated rings. The Morgan fingerprint density at radius 3 is 2.04 bits per heavy atom. The van der Waals surface area contributed by atoms with Crippen LogP contribution >= 0.6 is 0 Å². The molecule has 1 aliphatic carbocycles. The Morgan fingerprint density at radius 1 is 0.962 bits per heavy atom. The highest BCUT2D eigenvalue weighted by Gasteiger charge is 2.44. The minimum atomic E-state index is -0.239. The van der Waals surface area contributed by atoms with Gasteiger partial charge < -0.3 is 20.7 Å². The van der Waals surface area contributed by atoms with Crippen LogP contribution in [0.1, 0.15) is 25.3 Å². The fourth-order valence-corrected chi connectivity index (χ4v) is 2.93. The molecule has 0 aliphatic heterocycles. The fourth-order valence-electron chi connectivity index (χ4n) is 2.93. The average molecular weight is 353 g/mol. The Morgan fingerprint density at radius 2 is 1.54 bits per heavy atom. The molecule has 1 aliphatic rings. The third-order valence-corrected chi connectivity index (χ3v) is 4.61. The molecule has 2 aromatic carbocycles. The maximum absolute atomic E-state index is 12.2. The predicted octanol–water partition coefficient (Wildman–Crippen LogP) is 3.51. The summed E-state index contributed by atoms with van der Waals surface area (Å²) in [5.74, 6) is 0.703. The van der Waals surface area contributed by atoms with Gasteiger partial charge in [0, 0.05) is 30.3 Å². The maximum atomic E-state index is 12.2. The van der Waals surface area contributed by atoms with Crippen LogP contribution in [-0.4, -0.2) is 25.6 Å². The number of hydrogen-bond donors (Lipinski definition) is 3. The molecule has 6 nitrogen and oxygen atoms in total. The maximum Gasteiger partial charge on any atom is 0.319 e. The van der Waals surface area contributed by atoms with Gasteiger partial charge in [0.1, 0.15) is 5.75 Å². The zero-order valence-electron chi connectivity index (χ0n) is 15.0. The molecule has 26 heavy (non-hydrogen) atoms. The number of rotatable bonds is 6. The molecular weight excluding hydrogens is 330 g/mol. The molecule has 1 saturated carbocycles. The van der Waals surface area contributed by atoms with Crippen LogP contribution in [0.5, 0.6) is 5.75 Å². The van der Waals surface area contributed by atoms with E-state index in [9.17, 15) is 9.59 Å². The van der Waals surface area contributed by atoms with E-state index in [2.05, 4.69) is 28.1 Å². The Labute approximate surface area is 152 Å². The normalized spacial score (nSPS) is 14.2. The molecular formula is C20H23N3O3. The second-order valence-electron chi connectivity index (χ2n) is 6.58. The summed E-state index contributed by atoms with van der Waals surface area (Å²) < 4.78 is 5.19. The minimum Gasteiger partial charge on any atom is -0.497 e. The van der Waals surface area contributed by atoms with Gasteiger partial charge in [-0.3, -0.25) is 4.79 Å². The summed E-state index contributed by atoms with van der Waals surface area (Å²) in [6, 6.07) is 14.8. The van der Waals surface area contributed by atoms with Gasteiger partial charge in [-0.05, 0) is 54.8 Å². The number of ether oxygens (including phenoxy) is 1. The summed E-state index contributed by atoms with van der Waals surface area (Å²) in [4.78, 5) is 23.2. The molecule has 0 aromatic heterocycles. The number of carbonyl (C=O) groups excluding carboxylic acids is 2. The quantitative estimate of drug-likeness (QED) is 0.743. The number of nitrogens with one attached hydrogen (secondary N) is 3. The van der Waals surface area contributed by atoms with Gasteiger partial charge >= 0.3 is 6.03 Å². The van der Waals surface area contributed by atoms with Crippen LogP contribution in [0.4, 0.5) is 16.2 Å². The van der Waals surface area contributed by atoms with Crippen LogP contribution in [0.15, 0.2) is 48.5 Å². The van der Waals surface area contributed by atoms with E-state index in [-0.39, 0.29) is 17.4 Å². The molecule has 0 unspecified atom stereocenters. The highest BCUT2D eigenvalue weighted by molar-refractivity contribution is 5.91. The van der Waals surface area contributed by atoms with E-state index in [0.29, 0.717) is 17.9 Å². The number of anilines is 2. The van der Waals surface area contributed by atoms with Gasteiger partial charge in [0.25, 0.3) is 0 Å². The molecule has 0 radical (unpaired) electrons. The van der Waals surface area contributed by atoms with E-state index in [1.54, 1.807) is 31.4 Å². The highest BCUT2D eigenvalue weighted by Crippen LogP contribution is 2.47. The Bertz CT molecular complexity index is 781. The van der Waals surface area contributed by atoms with Crippen LogP contribution in [0, 0.1) is 0 Å². The second kappa shape index (κ2) is 7.47. The summed E-state index contributed by atoms with van der Waals surface area (Å²) in [6.07, 6.45) is 2.12. The number of hydrogen-bond acceptors (Lipinski definition) is 3. The Hall–Kier alpha value is -3.02. The first-order valence-electron chi connectivity index (χ1n) is 8.58. The van der Waals surface area contributed by atoms with Gasteiger partial charge in [0.15, 0.2) is 0 Å². The van der Waals surface area contributed by atoms with Crippen molar-refractivity contribution in [3.8, 4) is 5.75 Å². The molecule has 3 amide bonds. The fraction of sp³-hybridized carbons (Fsp3) is 0.300. The lowest BCUT2D eigenvalue weighted by Crippen LogP contribution is -2.35. The van der Waals surface area contributed by atoms with E-state index in [0.717, 1.165) is 18.6 Å². The zero-order chi connectivity index (χ0) is 18.6. The zero-order valence-corrected chi connectivity index (χ0v) is 15.0. The topological polar surface area (TPSA) is 79.5 Å². The van der Waals surface area contributed by atoms with Gasteiger partial charge in [-0.1, -0.05) is 12.1 Å². The summed E-state index contributed by atoms with van der Waals surface area (Å²) in [7, 11) is 1.65. The number of carbonyl (C=O) groups is 2. The molecule has 3 N–H and O–H groups in total. The van der Waals surface area contributed by atoms with E-state index in [1.807, 2.05) is 12.1 Å². The van der Waals surface area contributed by atoms with E-state index < -0.39 is 0 Å². The van der Waals surface area contributed by atoms with Crippen molar-refractivity contribution in [2.45, 2.75) is 25.2 Å². The van der Waals surface area contributed by atoms with Crippen LogP contribution < -0.4 is 20.7 Å². The van der Waals surface area contributed by atoms with Crippen molar-refractivity contribution in [1.29, 1.82) is 0 Å². The number of benzene rings is 2. The first-order valence-corrected chi connectivity index (χ1v) is 8.58. The van der Waals surface area contributed by atoms with Crippen molar-refractivity contribution < 1.29 is 14.3 Å². The Balaban J connectivity index is 1.52. The van der Waals surface area contributed by atoms with Crippen LogP contribution in [-0.2, 0) is 10.2 Å². The van der Waals surface area contributed by atoms with Crippen molar-refractivity contribution in [1.82, 2.24) is 5.32 Å². The number of methoxy groups -OCH3 is 1. The predicted molar refractivity (Wildman–Crippen MR) is 102 cm³/mol. The second-order valence-corrected chi connectivity index (χ2v) is 6.58. The van der Waals surface area contributed by atoms with E-state index >= 15 is 0 Å². The average Bonchev–Trinajstić information content (AvgIpc) is 3.43. The Kier molecular flexibility index (Phi) is 5.11. The summed E-state index contributed by atoms with van der Waals surface area (Å²) >= 11 is 0. The third-order valence-electron chi connectivity index (χ3n) is 4.61. The molecule has 0 saturated heterocycles. The van der Waals surface area contributed by atoms with Gasteiger partial charge in [0.2, 0.25) is 5.91 Å². The van der Waals surface area contributed by atoms with Crippen molar-refractivity contribution in [3.63, 3.8) is 0 Å². The molecule has 3 rings (SSSR count). The molecule has 136 valence electrons. The number of urea groups is 1. The van der Waals surface area contributed by atoms with Crippen molar-refractivity contribution in [2.24, 2.45) is 0 Å². The SMILES string of the molecule is COc1ccc(C2(CNC(=O)Nc3ccc(NC(C)=O)cc3)CC2)cc1. The lowest BCUT2D eigenvalue weighted by atomic mass is 9.96. The lowest BCUT2D eigenvalue weighted by Gasteiger charge is -2.17. The lowest BCUT2D eigenvalue weighted by molar-refractivity contribution is -0.114. The minimum absolute atomic E-state index is 0.0267. The highest BCUT2D eigenvalue weighted by atomic mass is 16.5. The van der Waals surface area contributed by atoms with Crippen molar-refractivity contribution in [3.05, 3.63) is 54.1 Å². The van der Waals surface area contributed by atoms with Gasteiger partial charge in [-0.25, -0.2) is 4.79 Å². The first-order chi connectivity index (χ1) is 12.5.